The number of carbonyl (C=O) groups is 1. The van der Waals surface area contributed by atoms with Crippen LogP contribution in [0.1, 0.15) is 23.2 Å². The number of nitrogens with one attached hydrogen (secondary N) is 1. The minimum absolute atomic E-state index is 0.0878. The van der Waals surface area contributed by atoms with Crippen LogP contribution in [0.5, 0.6) is 0 Å². The molecule has 6 nitrogen and oxygen atoms in total. The first-order valence-corrected chi connectivity index (χ1v) is 12.0. The monoisotopic (exact) mass is 469 g/mol. The van der Waals surface area contributed by atoms with Gasteiger partial charge in [-0.2, -0.15) is 0 Å². The van der Waals surface area contributed by atoms with Gasteiger partial charge >= 0.3 is 0 Å². The summed E-state index contributed by atoms with van der Waals surface area (Å²) < 4.78 is 26.5. The van der Waals surface area contributed by atoms with Crippen LogP contribution in [0.25, 0.3) is 0 Å². The molecule has 0 saturated carbocycles. The van der Waals surface area contributed by atoms with E-state index in [4.69, 9.17) is 0 Å². The molecule has 1 saturated heterocycles. The van der Waals surface area contributed by atoms with E-state index in [1.807, 2.05) is 30.3 Å². The molecular weight excluding hydrogens is 450 g/mol. The Bertz CT molecular complexity index is 920. The molecule has 0 radical (unpaired) electrons. The number of likely N-dealkylation sites (tertiary alicyclic amines) is 1. The second kappa shape index (κ2) is 8.72. The zero-order chi connectivity index (χ0) is 19.4. The molecule has 1 aliphatic rings. The van der Waals surface area contributed by atoms with E-state index in [1.54, 1.807) is 17.2 Å². The molecule has 2 heterocycles. The maximum atomic E-state index is 13.1. The maximum absolute atomic E-state index is 13.1. The van der Waals surface area contributed by atoms with Crippen molar-refractivity contribution in [3.8, 4) is 0 Å². The lowest BCUT2D eigenvalue weighted by Gasteiger charge is -2.33. The molecule has 1 atom stereocenters. The second-order valence-electron chi connectivity index (χ2n) is 6.39. The molecule has 27 heavy (non-hydrogen) atoms. The van der Waals surface area contributed by atoms with Crippen molar-refractivity contribution < 1.29 is 13.2 Å². The van der Waals surface area contributed by atoms with Gasteiger partial charge in [-0.1, -0.05) is 23.9 Å². The van der Waals surface area contributed by atoms with E-state index in [1.165, 1.54) is 11.8 Å². The SMILES string of the molecule is CS(=O)(=O)NC1CCCN(C(=O)c2ccccc2Sc2ccc(Br)cn2)C1. The van der Waals surface area contributed by atoms with Gasteiger partial charge < -0.3 is 4.90 Å². The van der Waals surface area contributed by atoms with Gasteiger partial charge in [0.15, 0.2) is 0 Å². The zero-order valence-electron chi connectivity index (χ0n) is 14.8. The smallest absolute Gasteiger partial charge is 0.255 e. The molecule has 0 spiro atoms. The van der Waals surface area contributed by atoms with Crippen LogP contribution in [-0.2, 0) is 10.0 Å². The van der Waals surface area contributed by atoms with Gasteiger partial charge in [0.25, 0.3) is 5.91 Å². The molecule has 2 aromatic rings. The van der Waals surface area contributed by atoms with Crippen LogP contribution in [0.15, 0.2) is 57.0 Å². The Morgan fingerprint density at radius 2 is 2.07 bits per heavy atom. The fraction of sp³-hybridized carbons (Fsp3) is 0.333. The van der Waals surface area contributed by atoms with Gasteiger partial charge in [0.05, 0.1) is 11.8 Å². The van der Waals surface area contributed by atoms with Crippen LogP contribution in [0.4, 0.5) is 0 Å². The first-order valence-electron chi connectivity index (χ1n) is 8.47. The molecule has 1 unspecified atom stereocenters. The highest BCUT2D eigenvalue weighted by atomic mass is 79.9. The highest BCUT2D eigenvalue weighted by molar-refractivity contribution is 9.10. The number of pyridine rings is 1. The number of hydrogen-bond donors (Lipinski definition) is 1. The number of halogens is 1. The third kappa shape index (κ3) is 5.78. The van der Waals surface area contributed by atoms with Crippen molar-refractivity contribution in [2.75, 3.05) is 19.3 Å². The Labute approximate surface area is 171 Å². The van der Waals surface area contributed by atoms with Gasteiger partial charge in [0, 0.05) is 34.7 Å². The number of benzene rings is 1. The summed E-state index contributed by atoms with van der Waals surface area (Å²) in [5.74, 6) is -0.0878. The van der Waals surface area contributed by atoms with Gasteiger partial charge in [-0.25, -0.2) is 18.1 Å². The molecule has 144 valence electrons. The molecule has 1 amide bonds. The van der Waals surface area contributed by atoms with Crippen LogP contribution in [0, 0.1) is 0 Å². The number of rotatable bonds is 5. The molecule has 1 fully saturated rings. The van der Waals surface area contributed by atoms with E-state index in [0.717, 1.165) is 33.5 Å². The van der Waals surface area contributed by atoms with Gasteiger partial charge in [-0.3, -0.25) is 4.79 Å². The van der Waals surface area contributed by atoms with Crippen LogP contribution >= 0.6 is 27.7 Å². The van der Waals surface area contributed by atoms with Crippen molar-refractivity contribution in [1.29, 1.82) is 0 Å². The molecule has 1 aromatic heterocycles. The highest BCUT2D eigenvalue weighted by Gasteiger charge is 2.27. The topological polar surface area (TPSA) is 79.4 Å². The number of hydrogen-bond acceptors (Lipinski definition) is 5. The standard InChI is InChI=1S/C18H20BrN3O3S2/c1-27(24,25)21-14-5-4-10-22(12-14)18(23)15-6-2-3-7-16(15)26-17-9-8-13(19)11-20-17/h2-3,6-9,11,14,21H,4-5,10,12H2,1H3. The van der Waals surface area contributed by atoms with Gasteiger partial charge in [-0.05, 0) is 53.0 Å². The minimum atomic E-state index is -3.29. The third-order valence-corrected chi connectivity index (χ3v) is 6.38. The van der Waals surface area contributed by atoms with Crippen molar-refractivity contribution in [2.45, 2.75) is 28.8 Å². The predicted molar refractivity (Wildman–Crippen MR) is 109 cm³/mol. The van der Waals surface area contributed by atoms with Crippen molar-refractivity contribution in [3.63, 3.8) is 0 Å². The summed E-state index contributed by atoms with van der Waals surface area (Å²) in [4.78, 5) is 20.0. The third-order valence-electron chi connectivity index (χ3n) is 4.12. The minimum Gasteiger partial charge on any atom is -0.337 e. The molecule has 9 heteroatoms. The first-order chi connectivity index (χ1) is 12.8. The molecule has 3 rings (SSSR count). The van der Waals surface area contributed by atoms with Crippen LogP contribution < -0.4 is 4.72 Å². The highest BCUT2D eigenvalue weighted by Crippen LogP contribution is 2.30. The van der Waals surface area contributed by atoms with Crippen LogP contribution in [0.2, 0.25) is 0 Å². The van der Waals surface area contributed by atoms with Crippen LogP contribution in [0.3, 0.4) is 0 Å². The van der Waals surface area contributed by atoms with E-state index >= 15 is 0 Å². The Morgan fingerprint density at radius 1 is 1.30 bits per heavy atom. The Kier molecular flexibility index (Phi) is 6.56. The average Bonchev–Trinajstić information content (AvgIpc) is 2.62. The molecule has 1 aliphatic heterocycles. The lowest BCUT2D eigenvalue weighted by Crippen LogP contribution is -2.49. The summed E-state index contributed by atoms with van der Waals surface area (Å²) in [6.45, 7) is 0.998. The zero-order valence-corrected chi connectivity index (χ0v) is 18.0. The molecule has 1 N–H and O–H groups in total. The summed E-state index contributed by atoms with van der Waals surface area (Å²) in [5, 5.41) is 0.800. The van der Waals surface area contributed by atoms with E-state index in [-0.39, 0.29) is 11.9 Å². The number of amides is 1. The molecule has 0 bridgehead atoms. The Balaban J connectivity index is 1.77. The first kappa shape index (κ1) is 20.3. The lowest BCUT2D eigenvalue weighted by molar-refractivity contribution is 0.0699. The van der Waals surface area contributed by atoms with E-state index in [0.29, 0.717) is 18.7 Å². The molecular formula is C18H20BrN3O3S2. The Hall–Kier alpha value is -1.42. The second-order valence-corrected chi connectivity index (χ2v) is 10.2. The van der Waals surface area contributed by atoms with Crippen molar-refractivity contribution >= 4 is 43.6 Å². The van der Waals surface area contributed by atoms with Crippen molar-refractivity contribution in [3.05, 3.63) is 52.6 Å². The van der Waals surface area contributed by atoms with Gasteiger partial charge in [-0.15, -0.1) is 0 Å². The van der Waals surface area contributed by atoms with E-state index < -0.39 is 10.0 Å². The lowest BCUT2D eigenvalue weighted by atomic mass is 10.1. The van der Waals surface area contributed by atoms with Gasteiger partial charge in [0.2, 0.25) is 10.0 Å². The summed E-state index contributed by atoms with van der Waals surface area (Å²) in [7, 11) is -3.29. The number of piperidine rings is 1. The van der Waals surface area contributed by atoms with Crippen LogP contribution in [-0.4, -0.2) is 49.6 Å². The number of carbonyl (C=O) groups excluding carboxylic acids is 1. The number of sulfonamides is 1. The van der Waals surface area contributed by atoms with Crippen molar-refractivity contribution in [2.24, 2.45) is 0 Å². The molecule has 0 aliphatic carbocycles. The van der Waals surface area contributed by atoms with E-state index in [2.05, 4.69) is 25.6 Å². The quantitative estimate of drug-likeness (QED) is 0.727. The normalized spacial score (nSPS) is 17.7. The van der Waals surface area contributed by atoms with Gasteiger partial charge in [0.1, 0.15) is 5.03 Å². The fourth-order valence-electron chi connectivity index (χ4n) is 3.00. The fourth-order valence-corrected chi connectivity index (χ4v) is 4.91. The summed E-state index contributed by atoms with van der Waals surface area (Å²) in [6, 6.07) is 11.0. The number of aromatic nitrogens is 1. The summed E-state index contributed by atoms with van der Waals surface area (Å²) >= 11 is 4.80. The summed E-state index contributed by atoms with van der Waals surface area (Å²) in [5.41, 5.74) is 0.604. The maximum Gasteiger partial charge on any atom is 0.255 e. The molecule has 1 aromatic carbocycles. The van der Waals surface area contributed by atoms with E-state index in [9.17, 15) is 13.2 Å². The number of nitrogens with zero attached hydrogens (tertiary/aromatic N) is 2. The largest absolute Gasteiger partial charge is 0.337 e. The van der Waals surface area contributed by atoms with Crippen molar-refractivity contribution in [1.82, 2.24) is 14.6 Å². The average molecular weight is 470 g/mol. The summed E-state index contributed by atoms with van der Waals surface area (Å²) in [6.07, 6.45) is 4.36. The Morgan fingerprint density at radius 3 is 2.78 bits per heavy atom. The predicted octanol–water partition coefficient (Wildman–Crippen LogP) is 3.15.